The van der Waals surface area contributed by atoms with Gasteiger partial charge in [0.2, 0.25) is 0 Å². The average Bonchev–Trinajstić information content (AvgIpc) is 2.72. The molecular weight excluding hydrogens is 238 g/mol. The van der Waals surface area contributed by atoms with Crippen molar-refractivity contribution in [1.82, 2.24) is 25.4 Å². The summed E-state index contributed by atoms with van der Waals surface area (Å²) in [7, 11) is 1.71. The van der Waals surface area contributed by atoms with E-state index in [-0.39, 0.29) is 13.0 Å². The van der Waals surface area contributed by atoms with Crippen molar-refractivity contribution in [3.05, 3.63) is 24.8 Å². The van der Waals surface area contributed by atoms with Crippen LogP contribution in [0.5, 0.6) is 0 Å². The molecule has 1 heterocycles. The van der Waals surface area contributed by atoms with E-state index in [4.69, 9.17) is 5.11 Å². The standard InChI is InChI=1S/C10H15N5O3/c1-3-4-7(9(16)17)13-10(18)11-5-8-12-6-15(2)14-8/h3,6-7H,1,4-5H2,2H3,(H,16,17)(H2,11,13,18). The summed E-state index contributed by atoms with van der Waals surface area (Å²) >= 11 is 0. The normalized spacial score (nSPS) is 11.6. The Hall–Kier alpha value is -2.38. The predicted octanol–water partition coefficient (Wildman–Crippen LogP) is -0.356. The second kappa shape index (κ2) is 6.38. The Balaban J connectivity index is 2.40. The molecule has 98 valence electrons. The minimum Gasteiger partial charge on any atom is -0.480 e. The van der Waals surface area contributed by atoms with Gasteiger partial charge in [-0.1, -0.05) is 6.08 Å². The van der Waals surface area contributed by atoms with Crippen LogP contribution in [0.1, 0.15) is 12.2 Å². The molecule has 8 heteroatoms. The maximum atomic E-state index is 11.4. The Morgan fingerprint density at radius 3 is 2.89 bits per heavy atom. The van der Waals surface area contributed by atoms with Crippen molar-refractivity contribution in [3.63, 3.8) is 0 Å². The first-order valence-corrected chi connectivity index (χ1v) is 5.25. The van der Waals surface area contributed by atoms with E-state index >= 15 is 0 Å². The van der Waals surface area contributed by atoms with E-state index in [9.17, 15) is 9.59 Å². The summed E-state index contributed by atoms with van der Waals surface area (Å²) in [6.07, 6.45) is 3.09. The van der Waals surface area contributed by atoms with Gasteiger partial charge in [0.05, 0.1) is 6.54 Å². The first-order valence-electron chi connectivity index (χ1n) is 5.25. The quantitative estimate of drug-likeness (QED) is 0.600. The molecule has 0 aliphatic carbocycles. The number of hydrogen-bond donors (Lipinski definition) is 3. The zero-order chi connectivity index (χ0) is 13.5. The molecule has 1 aromatic rings. The lowest BCUT2D eigenvalue weighted by Crippen LogP contribution is -2.45. The molecule has 0 bridgehead atoms. The summed E-state index contributed by atoms with van der Waals surface area (Å²) in [6.45, 7) is 3.56. The third-order valence-corrected chi connectivity index (χ3v) is 2.06. The van der Waals surface area contributed by atoms with Crippen LogP contribution < -0.4 is 10.6 Å². The van der Waals surface area contributed by atoms with Crippen molar-refractivity contribution in [1.29, 1.82) is 0 Å². The van der Waals surface area contributed by atoms with Crippen molar-refractivity contribution in [2.45, 2.75) is 19.0 Å². The van der Waals surface area contributed by atoms with E-state index < -0.39 is 18.0 Å². The van der Waals surface area contributed by atoms with Crippen LogP contribution in [0.25, 0.3) is 0 Å². The summed E-state index contributed by atoms with van der Waals surface area (Å²) in [4.78, 5) is 26.1. The van der Waals surface area contributed by atoms with Gasteiger partial charge < -0.3 is 15.7 Å². The van der Waals surface area contributed by atoms with Gasteiger partial charge in [0.25, 0.3) is 0 Å². The van der Waals surface area contributed by atoms with Gasteiger partial charge in [-0.15, -0.1) is 6.58 Å². The van der Waals surface area contributed by atoms with Crippen molar-refractivity contribution in [2.75, 3.05) is 0 Å². The van der Waals surface area contributed by atoms with Crippen LogP contribution in [-0.2, 0) is 18.4 Å². The number of aliphatic carboxylic acids is 1. The molecule has 1 rings (SSSR count). The number of aryl methyl sites for hydroxylation is 1. The van der Waals surface area contributed by atoms with E-state index in [0.717, 1.165) is 0 Å². The van der Waals surface area contributed by atoms with Crippen molar-refractivity contribution >= 4 is 12.0 Å². The second-order valence-corrected chi connectivity index (χ2v) is 3.58. The van der Waals surface area contributed by atoms with Crippen LogP contribution in [0.3, 0.4) is 0 Å². The highest BCUT2D eigenvalue weighted by Gasteiger charge is 2.17. The first kappa shape index (κ1) is 13.7. The molecule has 1 atom stereocenters. The third-order valence-electron chi connectivity index (χ3n) is 2.06. The Kier molecular flexibility index (Phi) is 4.85. The van der Waals surface area contributed by atoms with E-state index in [0.29, 0.717) is 5.82 Å². The molecule has 1 aromatic heterocycles. The third kappa shape index (κ3) is 4.24. The van der Waals surface area contributed by atoms with Crippen LogP contribution in [0.15, 0.2) is 19.0 Å². The highest BCUT2D eigenvalue weighted by Crippen LogP contribution is 1.93. The predicted molar refractivity (Wildman–Crippen MR) is 62.6 cm³/mol. The van der Waals surface area contributed by atoms with Gasteiger partial charge >= 0.3 is 12.0 Å². The van der Waals surface area contributed by atoms with Crippen LogP contribution >= 0.6 is 0 Å². The number of rotatable bonds is 6. The zero-order valence-electron chi connectivity index (χ0n) is 9.96. The van der Waals surface area contributed by atoms with Gasteiger partial charge in [-0.3, -0.25) is 4.68 Å². The monoisotopic (exact) mass is 253 g/mol. The fourth-order valence-electron chi connectivity index (χ4n) is 1.22. The molecule has 0 aliphatic heterocycles. The fourth-order valence-corrected chi connectivity index (χ4v) is 1.22. The molecule has 18 heavy (non-hydrogen) atoms. The van der Waals surface area contributed by atoms with Gasteiger partial charge in [-0.25, -0.2) is 14.6 Å². The number of hydrogen-bond acceptors (Lipinski definition) is 4. The van der Waals surface area contributed by atoms with Crippen LogP contribution in [0.4, 0.5) is 4.79 Å². The Labute approximate surface area is 104 Å². The van der Waals surface area contributed by atoms with Crippen LogP contribution in [0.2, 0.25) is 0 Å². The number of urea groups is 1. The highest BCUT2D eigenvalue weighted by molar-refractivity contribution is 5.82. The number of amides is 2. The summed E-state index contributed by atoms with van der Waals surface area (Å²) in [5, 5.41) is 17.6. The molecule has 0 radical (unpaired) electrons. The van der Waals surface area contributed by atoms with E-state index in [2.05, 4.69) is 27.3 Å². The van der Waals surface area contributed by atoms with Crippen LogP contribution in [-0.4, -0.2) is 37.9 Å². The summed E-state index contributed by atoms with van der Waals surface area (Å²) < 4.78 is 1.51. The Morgan fingerprint density at radius 1 is 1.67 bits per heavy atom. The summed E-state index contributed by atoms with van der Waals surface area (Å²) in [6, 6.07) is -1.57. The molecule has 0 saturated heterocycles. The lowest BCUT2D eigenvalue weighted by Gasteiger charge is -2.12. The minimum atomic E-state index is -1.11. The van der Waals surface area contributed by atoms with Gasteiger partial charge in [0.15, 0.2) is 5.82 Å². The number of carbonyl (C=O) groups is 2. The van der Waals surface area contributed by atoms with Crippen molar-refractivity contribution in [3.8, 4) is 0 Å². The van der Waals surface area contributed by atoms with Gasteiger partial charge in [0.1, 0.15) is 12.4 Å². The first-order chi connectivity index (χ1) is 8.52. The summed E-state index contributed by atoms with van der Waals surface area (Å²) in [5.41, 5.74) is 0. The van der Waals surface area contributed by atoms with Crippen molar-refractivity contribution < 1.29 is 14.7 Å². The lowest BCUT2D eigenvalue weighted by atomic mass is 10.2. The number of carbonyl (C=O) groups excluding carboxylic acids is 1. The van der Waals surface area contributed by atoms with Gasteiger partial charge in [0, 0.05) is 7.05 Å². The smallest absolute Gasteiger partial charge is 0.326 e. The molecule has 8 nitrogen and oxygen atoms in total. The number of carboxylic acid groups (broad SMARTS) is 1. The molecule has 3 N–H and O–H groups in total. The van der Waals surface area contributed by atoms with Gasteiger partial charge in [-0.05, 0) is 6.42 Å². The molecule has 2 amide bonds. The maximum Gasteiger partial charge on any atom is 0.326 e. The Bertz CT molecular complexity index is 442. The molecular formula is C10H15N5O3. The fraction of sp³-hybridized carbons (Fsp3) is 0.400. The Morgan fingerprint density at radius 2 is 2.39 bits per heavy atom. The highest BCUT2D eigenvalue weighted by atomic mass is 16.4. The molecule has 0 saturated carbocycles. The molecule has 0 spiro atoms. The lowest BCUT2D eigenvalue weighted by molar-refractivity contribution is -0.139. The zero-order valence-corrected chi connectivity index (χ0v) is 9.96. The van der Waals surface area contributed by atoms with E-state index in [1.807, 2.05) is 0 Å². The average molecular weight is 253 g/mol. The number of nitrogens with zero attached hydrogens (tertiary/aromatic N) is 3. The molecule has 1 unspecified atom stereocenters. The van der Waals surface area contributed by atoms with E-state index in [1.54, 1.807) is 7.05 Å². The summed E-state index contributed by atoms with van der Waals surface area (Å²) in [5.74, 6) is -0.663. The van der Waals surface area contributed by atoms with Crippen LogP contribution in [0, 0.1) is 0 Å². The van der Waals surface area contributed by atoms with Crippen molar-refractivity contribution in [2.24, 2.45) is 7.05 Å². The minimum absolute atomic E-state index is 0.132. The molecule has 0 fully saturated rings. The topological polar surface area (TPSA) is 109 Å². The molecule has 0 aromatic carbocycles. The number of carboxylic acids is 1. The second-order valence-electron chi connectivity index (χ2n) is 3.58. The molecule has 0 aliphatic rings. The van der Waals surface area contributed by atoms with E-state index in [1.165, 1.54) is 17.1 Å². The number of aromatic nitrogens is 3. The SMILES string of the molecule is C=CCC(NC(=O)NCc1ncn(C)n1)C(=O)O. The largest absolute Gasteiger partial charge is 0.480 e. The van der Waals surface area contributed by atoms with Gasteiger partial charge in [-0.2, -0.15) is 5.10 Å². The number of nitrogens with one attached hydrogen (secondary N) is 2. The maximum absolute atomic E-state index is 11.4.